The minimum absolute atomic E-state index is 0.0895. The normalized spacial score (nSPS) is 10.7. The van der Waals surface area contributed by atoms with Crippen LogP contribution in [0.15, 0.2) is 75.5 Å². The van der Waals surface area contributed by atoms with E-state index in [0.717, 1.165) is 60.7 Å². The van der Waals surface area contributed by atoms with E-state index in [1.165, 1.54) is 0 Å². The average molecular weight is 566 g/mol. The van der Waals surface area contributed by atoms with Gasteiger partial charge in [-0.05, 0) is 18.2 Å². The summed E-state index contributed by atoms with van der Waals surface area (Å²) in [5.41, 5.74) is 16.7. The molecule has 0 bridgehead atoms. The maximum absolute atomic E-state index is 9.00. The second-order valence-electron chi connectivity index (χ2n) is 7.72. The van der Waals surface area contributed by atoms with Crippen LogP contribution in [0.1, 0.15) is 6.92 Å². The van der Waals surface area contributed by atoms with Crippen LogP contribution in [-0.4, -0.2) is 49.3 Å². The topological polar surface area (TPSA) is 159 Å². The summed E-state index contributed by atoms with van der Waals surface area (Å²) in [6.07, 6.45) is 5.79. The quantitative estimate of drug-likeness (QED) is 0.0838. The molecule has 0 saturated heterocycles. The Hall–Kier alpha value is -3.83. The van der Waals surface area contributed by atoms with Crippen LogP contribution in [0.4, 0.5) is 0 Å². The van der Waals surface area contributed by atoms with E-state index in [1.807, 2.05) is 36.8 Å². The summed E-state index contributed by atoms with van der Waals surface area (Å²) in [7, 11) is 0. The summed E-state index contributed by atoms with van der Waals surface area (Å²) in [4.78, 5) is 29.6. The minimum Gasteiger partial charge on any atom is -0.481 e. The zero-order valence-corrected chi connectivity index (χ0v) is 21.7. The van der Waals surface area contributed by atoms with Crippen LogP contribution in [0.3, 0.4) is 0 Å². The molecular formula is C25H24BrN7O2S. The highest BCUT2D eigenvalue weighted by Gasteiger charge is 2.17. The second kappa shape index (κ2) is 11.3. The Morgan fingerprint density at radius 2 is 1.78 bits per heavy atom. The number of aromatic amines is 2. The van der Waals surface area contributed by atoms with Crippen molar-refractivity contribution in [1.29, 1.82) is 0 Å². The van der Waals surface area contributed by atoms with Crippen molar-refractivity contribution in [3.05, 3.63) is 65.5 Å². The molecule has 0 amide bonds. The largest absolute Gasteiger partial charge is 0.481 e. The van der Waals surface area contributed by atoms with E-state index < -0.39 is 5.97 Å². The van der Waals surface area contributed by atoms with Crippen molar-refractivity contribution in [3.8, 4) is 22.5 Å². The van der Waals surface area contributed by atoms with Gasteiger partial charge in [0.05, 0.1) is 18.4 Å². The molecule has 7 N–H and O–H groups in total. The van der Waals surface area contributed by atoms with Gasteiger partial charge in [0.1, 0.15) is 10.7 Å². The number of fused-ring (bicyclic) bond motifs is 2. The number of nitrogens with zero attached hydrogens (tertiary/aromatic N) is 3. The maximum Gasteiger partial charge on any atom is 0.300 e. The Kier molecular flexibility index (Phi) is 7.91. The first-order valence-electron chi connectivity index (χ1n) is 10.9. The summed E-state index contributed by atoms with van der Waals surface area (Å²) in [6, 6.07) is 14.3. The summed E-state index contributed by atoms with van der Waals surface area (Å²) >= 11 is 5.12. The molecule has 0 saturated carbocycles. The lowest BCUT2D eigenvalue weighted by Gasteiger charge is -2.09. The fourth-order valence-corrected chi connectivity index (χ4v) is 4.88. The van der Waals surface area contributed by atoms with E-state index in [0.29, 0.717) is 12.3 Å². The van der Waals surface area contributed by atoms with Crippen molar-refractivity contribution in [2.24, 2.45) is 16.5 Å². The zero-order valence-electron chi connectivity index (χ0n) is 19.3. The second-order valence-corrected chi connectivity index (χ2v) is 9.72. The van der Waals surface area contributed by atoms with Crippen molar-refractivity contribution in [2.45, 2.75) is 11.9 Å². The number of aliphatic carboxylic acids is 1. The molecular weight excluding hydrogens is 542 g/mol. The van der Waals surface area contributed by atoms with Crippen LogP contribution in [0, 0.1) is 0 Å². The van der Waals surface area contributed by atoms with Gasteiger partial charge in [0.2, 0.25) is 0 Å². The zero-order chi connectivity index (χ0) is 25.7. The first kappa shape index (κ1) is 25.3. The Balaban J connectivity index is 0.000000709. The molecule has 0 aliphatic heterocycles. The van der Waals surface area contributed by atoms with Crippen molar-refractivity contribution in [3.63, 3.8) is 0 Å². The van der Waals surface area contributed by atoms with Gasteiger partial charge in [-0.2, -0.15) is 0 Å². The number of aliphatic imine (C=N–C) groups is 1. The minimum atomic E-state index is -0.833. The number of hydrogen-bond acceptors (Lipinski definition) is 5. The van der Waals surface area contributed by atoms with Crippen LogP contribution in [0.25, 0.3) is 44.3 Å². The third-order valence-corrected chi connectivity index (χ3v) is 6.57. The standard InChI is InChI=1S/C23H20BrN7S.C2H4O2/c24-13-5-6-15-17(11-29-19(15)9-13)21-22(32-8-7-27-23(25)26)31-20(12-30-21)16-10-28-18-4-2-1-3-14(16)18;1-2(3)4/h1-6,9-12,28-29H,7-8H2,(H4,25,26,27);1H3,(H,3,4). The predicted molar refractivity (Wildman–Crippen MR) is 149 cm³/mol. The van der Waals surface area contributed by atoms with E-state index in [2.05, 4.69) is 55.2 Å². The number of nitrogens with one attached hydrogen (secondary N) is 2. The Bertz CT molecular complexity index is 1550. The van der Waals surface area contributed by atoms with Crippen LogP contribution in [-0.2, 0) is 4.79 Å². The molecule has 0 radical (unpaired) electrons. The highest BCUT2D eigenvalue weighted by Crippen LogP contribution is 2.36. The number of rotatable bonds is 6. The average Bonchev–Trinajstić information content (AvgIpc) is 3.45. The molecule has 0 aliphatic rings. The van der Waals surface area contributed by atoms with Crippen molar-refractivity contribution >= 4 is 61.4 Å². The first-order valence-corrected chi connectivity index (χ1v) is 12.7. The van der Waals surface area contributed by atoms with E-state index >= 15 is 0 Å². The van der Waals surface area contributed by atoms with E-state index in [-0.39, 0.29) is 5.96 Å². The molecule has 0 aliphatic carbocycles. The lowest BCUT2D eigenvalue weighted by molar-refractivity contribution is -0.134. The number of para-hydroxylation sites is 1. The molecule has 3 heterocycles. The van der Waals surface area contributed by atoms with Gasteiger partial charge in [-0.15, -0.1) is 11.8 Å². The number of halogens is 1. The Labute approximate surface area is 219 Å². The molecule has 0 spiro atoms. The van der Waals surface area contributed by atoms with Crippen molar-refractivity contribution in [2.75, 3.05) is 12.3 Å². The summed E-state index contributed by atoms with van der Waals surface area (Å²) in [5, 5.41) is 10.5. The van der Waals surface area contributed by atoms with Gasteiger partial charge in [-0.3, -0.25) is 14.8 Å². The molecule has 9 nitrogen and oxygen atoms in total. The molecule has 36 heavy (non-hydrogen) atoms. The van der Waals surface area contributed by atoms with E-state index in [9.17, 15) is 0 Å². The fourth-order valence-electron chi connectivity index (χ4n) is 3.68. The predicted octanol–water partition coefficient (Wildman–Crippen LogP) is 4.99. The van der Waals surface area contributed by atoms with Crippen LogP contribution >= 0.6 is 27.7 Å². The molecule has 0 atom stereocenters. The molecule has 5 rings (SSSR count). The number of guanidine groups is 1. The third kappa shape index (κ3) is 5.86. The lowest BCUT2D eigenvalue weighted by atomic mass is 10.1. The summed E-state index contributed by atoms with van der Waals surface area (Å²) < 4.78 is 1.02. The van der Waals surface area contributed by atoms with Crippen molar-refractivity contribution in [1.82, 2.24) is 19.9 Å². The third-order valence-electron chi connectivity index (χ3n) is 5.13. The number of carbonyl (C=O) groups is 1. The number of carboxylic acids is 1. The van der Waals surface area contributed by atoms with Crippen LogP contribution in [0.2, 0.25) is 0 Å². The van der Waals surface area contributed by atoms with Gasteiger partial charge in [0, 0.05) is 62.5 Å². The molecule has 0 unspecified atom stereocenters. The number of hydrogen-bond donors (Lipinski definition) is 5. The smallest absolute Gasteiger partial charge is 0.300 e. The molecule has 2 aromatic carbocycles. The summed E-state index contributed by atoms with van der Waals surface area (Å²) in [6.45, 7) is 1.59. The maximum atomic E-state index is 9.00. The van der Waals surface area contributed by atoms with Gasteiger partial charge in [-0.25, -0.2) is 4.98 Å². The molecule has 184 valence electrons. The van der Waals surface area contributed by atoms with Gasteiger partial charge < -0.3 is 26.5 Å². The number of carboxylic acid groups (broad SMARTS) is 1. The van der Waals surface area contributed by atoms with Gasteiger partial charge in [0.15, 0.2) is 5.96 Å². The molecule has 0 fully saturated rings. The number of aromatic nitrogens is 4. The van der Waals surface area contributed by atoms with Gasteiger partial charge >= 0.3 is 0 Å². The number of H-pyrrole nitrogens is 2. The van der Waals surface area contributed by atoms with Crippen LogP contribution in [0.5, 0.6) is 0 Å². The van der Waals surface area contributed by atoms with Gasteiger partial charge in [-0.1, -0.05) is 40.2 Å². The number of thioether (sulfide) groups is 1. The Morgan fingerprint density at radius 1 is 1.08 bits per heavy atom. The summed E-state index contributed by atoms with van der Waals surface area (Å²) in [5.74, 6) is -0.0585. The molecule has 3 aromatic heterocycles. The SMILES string of the molecule is CC(=O)O.NC(N)=NCCSc1nc(-c2c[nH]c3ccccc23)cnc1-c1c[nH]c2cc(Br)ccc12. The van der Waals surface area contributed by atoms with Crippen molar-refractivity contribution < 1.29 is 9.90 Å². The van der Waals surface area contributed by atoms with E-state index in [1.54, 1.807) is 11.8 Å². The van der Waals surface area contributed by atoms with E-state index in [4.69, 9.17) is 31.3 Å². The fraction of sp³-hybridized carbons (Fsp3) is 0.120. The highest BCUT2D eigenvalue weighted by atomic mass is 79.9. The number of benzene rings is 2. The number of nitrogens with two attached hydrogens (primary N) is 2. The van der Waals surface area contributed by atoms with Gasteiger partial charge in [0.25, 0.3) is 5.97 Å². The molecule has 5 aromatic rings. The van der Waals surface area contributed by atoms with Crippen LogP contribution < -0.4 is 11.5 Å². The highest BCUT2D eigenvalue weighted by molar-refractivity contribution is 9.10. The Morgan fingerprint density at radius 3 is 2.56 bits per heavy atom. The molecule has 11 heteroatoms. The monoisotopic (exact) mass is 565 g/mol. The first-order chi connectivity index (χ1) is 17.3. The lowest BCUT2D eigenvalue weighted by Crippen LogP contribution is -2.23.